The maximum atomic E-state index is 16.2. The summed E-state index contributed by atoms with van der Waals surface area (Å²) in [5, 5.41) is 16.2. The number of nitrogens with one attached hydrogen (secondary N) is 2. The summed E-state index contributed by atoms with van der Waals surface area (Å²) in [6, 6.07) is 8.36. The summed E-state index contributed by atoms with van der Waals surface area (Å²) in [5.41, 5.74) is -1.38. The number of amides is 2. The lowest BCUT2D eigenvalue weighted by atomic mass is 9.63. The van der Waals surface area contributed by atoms with Crippen molar-refractivity contribution >= 4 is 57.8 Å². The third kappa shape index (κ3) is 8.93. The molecule has 4 saturated heterocycles. The van der Waals surface area contributed by atoms with Crippen LogP contribution in [0.15, 0.2) is 46.2 Å². The van der Waals surface area contributed by atoms with Gasteiger partial charge in [-0.1, -0.05) is 0 Å². The van der Waals surface area contributed by atoms with Crippen molar-refractivity contribution in [2.24, 2.45) is 18.4 Å². The molecule has 1 spiro atoms. The molecule has 2 amide bonds. The highest BCUT2D eigenvalue weighted by molar-refractivity contribution is 8.00. The number of rotatable bonds is 10. The number of aromatic nitrogens is 4. The monoisotopic (exact) mass is 929 g/mol. The van der Waals surface area contributed by atoms with Crippen LogP contribution in [0, 0.1) is 24.1 Å². The van der Waals surface area contributed by atoms with Gasteiger partial charge in [0.15, 0.2) is 5.82 Å². The maximum absolute atomic E-state index is 16.2. The molecule has 2 aromatic heterocycles. The van der Waals surface area contributed by atoms with Crippen molar-refractivity contribution in [2.75, 3.05) is 60.9 Å². The number of likely N-dealkylation sites (tertiary alicyclic amines) is 1. The van der Waals surface area contributed by atoms with Crippen LogP contribution in [0.5, 0.6) is 0 Å². The summed E-state index contributed by atoms with van der Waals surface area (Å²) in [5.74, 6) is -1.59. The molecule has 20 heteroatoms. The van der Waals surface area contributed by atoms with Crippen LogP contribution in [0.2, 0.25) is 0 Å². The largest absolute Gasteiger partial charge is 0.421 e. The molecule has 1 aliphatic carbocycles. The third-order valence-corrected chi connectivity index (χ3v) is 15.6. The number of benzene rings is 2. The Balaban J connectivity index is 0.747. The number of aryl methyl sites for hydroxylation is 2. The van der Waals surface area contributed by atoms with Gasteiger partial charge in [0.2, 0.25) is 17.8 Å². The van der Waals surface area contributed by atoms with Crippen molar-refractivity contribution in [2.45, 2.75) is 106 Å². The summed E-state index contributed by atoms with van der Waals surface area (Å²) >= 11 is 1.83. The number of imidazole rings is 1. The number of piperidine rings is 4. The lowest BCUT2D eigenvalue weighted by Gasteiger charge is -2.52. The first kappa shape index (κ1) is 45.3. The van der Waals surface area contributed by atoms with Crippen molar-refractivity contribution in [3.8, 4) is 0 Å². The number of β-amino-alcohol motifs (C(OH)–C–C–N with tert-alkyl or cyclic N) is 1. The molecule has 5 aliphatic rings. The Kier molecular flexibility index (Phi) is 12.2. The van der Waals surface area contributed by atoms with E-state index in [9.17, 15) is 41.4 Å². The van der Waals surface area contributed by atoms with Gasteiger partial charge in [0.25, 0.3) is 6.43 Å². The topological polar surface area (TPSA) is 141 Å². The smallest absolute Gasteiger partial charge is 0.382 e. The van der Waals surface area contributed by atoms with E-state index in [0.717, 1.165) is 73.5 Å². The molecule has 6 heterocycles. The molecule has 13 nitrogen and oxygen atoms in total. The summed E-state index contributed by atoms with van der Waals surface area (Å²) in [7, 11) is 1.51. The number of anilines is 4. The van der Waals surface area contributed by atoms with E-state index in [-0.39, 0.29) is 49.6 Å². The van der Waals surface area contributed by atoms with Gasteiger partial charge in [0.05, 0.1) is 17.7 Å². The van der Waals surface area contributed by atoms with Crippen LogP contribution in [-0.2, 0) is 22.8 Å². The second-order valence-corrected chi connectivity index (χ2v) is 20.2. The number of fused-ring (bicyclic) bond motifs is 1. The fourth-order valence-electron chi connectivity index (χ4n) is 10.7. The second-order valence-electron chi connectivity index (χ2n) is 18.8. The number of carbonyl (C=O) groups is 2. The Morgan fingerprint density at radius 3 is 2.40 bits per heavy atom. The van der Waals surface area contributed by atoms with Gasteiger partial charge in [0.1, 0.15) is 28.5 Å². The van der Waals surface area contributed by atoms with E-state index in [2.05, 4.69) is 25.5 Å². The summed E-state index contributed by atoms with van der Waals surface area (Å²) in [6.07, 6.45) is -0.763. The number of halogens is 6. The quantitative estimate of drug-likeness (QED) is 0.110. The van der Waals surface area contributed by atoms with E-state index >= 15 is 4.39 Å². The van der Waals surface area contributed by atoms with Gasteiger partial charge < -0.3 is 25.1 Å². The average Bonchev–Trinajstić information content (AvgIpc) is 3.50. The van der Waals surface area contributed by atoms with Crippen LogP contribution in [0.1, 0.15) is 81.4 Å². The van der Waals surface area contributed by atoms with Crippen LogP contribution in [-0.4, -0.2) is 104 Å². The zero-order valence-corrected chi connectivity index (χ0v) is 37.1. The fourth-order valence-corrected chi connectivity index (χ4v) is 12.3. The molecule has 5 fully saturated rings. The van der Waals surface area contributed by atoms with Crippen LogP contribution in [0.4, 0.5) is 49.5 Å². The van der Waals surface area contributed by atoms with Gasteiger partial charge in [0, 0.05) is 61.7 Å². The van der Waals surface area contributed by atoms with E-state index in [1.807, 2.05) is 41.8 Å². The third-order valence-electron chi connectivity index (χ3n) is 14.4. The number of carbonyl (C=O) groups excluding carboxylic acids is 2. The highest BCUT2D eigenvalue weighted by Crippen LogP contribution is 2.55. The van der Waals surface area contributed by atoms with Gasteiger partial charge in [-0.15, -0.1) is 11.8 Å². The molecular formula is C45H53F6N9O4S. The van der Waals surface area contributed by atoms with Crippen molar-refractivity contribution in [1.29, 1.82) is 0 Å². The zero-order chi connectivity index (χ0) is 46.0. The molecular weight excluding hydrogens is 877 g/mol. The zero-order valence-electron chi connectivity index (χ0n) is 36.3. The van der Waals surface area contributed by atoms with Gasteiger partial charge in [-0.05, 0) is 125 Å². The van der Waals surface area contributed by atoms with E-state index < -0.39 is 59.6 Å². The summed E-state index contributed by atoms with van der Waals surface area (Å²) in [4.78, 5) is 52.3. The molecule has 2 aromatic carbocycles. The predicted octanol–water partition coefficient (Wildman–Crippen LogP) is 7.17. The van der Waals surface area contributed by atoms with Crippen molar-refractivity contribution < 1.29 is 41.0 Å². The number of nitrogens with zero attached hydrogens (tertiary/aromatic N) is 7. The second kappa shape index (κ2) is 17.4. The number of imide groups is 1. The Bertz CT molecular complexity index is 2530. The van der Waals surface area contributed by atoms with Crippen LogP contribution in [0.3, 0.4) is 0 Å². The minimum Gasteiger partial charge on any atom is -0.382 e. The molecule has 2 atom stereocenters. The number of hydrogen-bond donors (Lipinski definition) is 3. The molecule has 3 N–H and O–H groups in total. The van der Waals surface area contributed by atoms with E-state index in [4.69, 9.17) is 0 Å². The minimum absolute atomic E-state index is 0.0338. The number of thioether (sulfide) groups is 1. The molecule has 0 bridgehead atoms. The van der Waals surface area contributed by atoms with E-state index in [1.165, 1.54) is 16.2 Å². The van der Waals surface area contributed by atoms with Gasteiger partial charge in [-0.3, -0.25) is 24.0 Å². The van der Waals surface area contributed by atoms with E-state index in [1.54, 1.807) is 12.1 Å². The lowest BCUT2D eigenvalue weighted by Crippen LogP contribution is -2.53. The molecule has 9 rings (SSSR count). The normalized spacial score (nSPS) is 23.7. The van der Waals surface area contributed by atoms with Crippen molar-refractivity contribution in [3.05, 3.63) is 64.0 Å². The SMILES string of the molecule is Cc1cc(SC2CC3(CCN(CC4CCN(c5ccc6c(c5F)n(C)c(=O)n6C5CCC(=O)NC5=O)CC4)CC3)C2)ccc1Nc1ncc(C(F)(F)F)c(N2CCCC(O)(C(F)F)C2)n1. The highest BCUT2D eigenvalue weighted by Gasteiger charge is 2.47. The van der Waals surface area contributed by atoms with Crippen molar-refractivity contribution in [3.63, 3.8) is 0 Å². The summed E-state index contributed by atoms with van der Waals surface area (Å²) in [6.45, 7) is 5.72. The lowest BCUT2D eigenvalue weighted by molar-refractivity contribution is -0.138. The first-order valence-electron chi connectivity index (χ1n) is 22.3. The van der Waals surface area contributed by atoms with E-state index in [0.29, 0.717) is 52.8 Å². The first-order valence-corrected chi connectivity index (χ1v) is 23.2. The average molecular weight is 930 g/mol. The molecule has 0 radical (unpaired) electrons. The van der Waals surface area contributed by atoms with Crippen LogP contribution in [0.25, 0.3) is 11.0 Å². The molecule has 4 aliphatic heterocycles. The molecule has 1 saturated carbocycles. The number of alkyl halides is 5. The Hall–Kier alpha value is -4.82. The predicted molar refractivity (Wildman–Crippen MR) is 234 cm³/mol. The van der Waals surface area contributed by atoms with Gasteiger partial charge >= 0.3 is 11.9 Å². The first-order chi connectivity index (χ1) is 30.9. The molecule has 350 valence electrons. The fraction of sp³-hybridized carbons (Fsp3) is 0.578. The summed E-state index contributed by atoms with van der Waals surface area (Å²) < 4.78 is 87.9. The molecule has 65 heavy (non-hydrogen) atoms. The molecule has 2 unspecified atom stereocenters. The Labute approximate surface area is 375 Å². The number of hydrogen-bond acceptors (Lipinski definition) is 11. The van der Waals surface area contributed by atoms with Crippen molar-refractivity contribution in [1.82, 2.24) is 29.3 Å². The van der Waals surface area contributed by atoms with Crippen LogP contribution >= 0.6 is 11.8 Å². The molecule has 4 aromatic rings. The standard InChI is InChI=1S/C45H53F6N9O4S/c1-26-20-28(4-5-31(26)53-41-52-23-30(45(49,50)51)38(55-41)59-15-3-12-44(64,25-59)40(47)48)65-29-21-43(22-29)13-18-57(19-14-43)24-27-10-16-58(17-11-27)32-6-7-33-37(36(32)46)56(2)42(63)60(33)34-8-9-35(61)54-39(34)62/h4-7,20,23,27,29,34,40,64H,3,8-19,21-22,24-25H2,1-2H3,(H,52,53,55)(H,54,61,62). The Morgan fingerprint density at radius 1 is 0.985 bits per heavy atom. The van der Waals surface area contributed by atoms with Gasteiger partial charge in [-0.2, -0.15) is 18.2 Å². The minimum atomic E-state index is -4.83. The van der Waals surface area contributed by atoms with Crippen LogP contribution < -0.4 is 26.1 Å². The highest BCUT2D eigenvalue weighted by atomic mass is 32.2. The number of aliphatic hydroxyl groups is 1. The maximum Gasteiger partial charge on any atom is 0.421 e. The Morgan fingerprint density at radius 2 is 1.72 bits per heavy atom. The van der Waals surface area contributed by atoms with Gasteiger partial charge in [-0.25, -0.2) is 22.9 Å².